The summed E-state index contributed by atoms with van der Waals surface area (Å²) in [4.78, 5) is 4.30. The van der Waals surface area contributed by atoms with E-state index in [1.54, 1.807) is 6.33 Å². The van der Waals surface area contributed by atoms with Gasteiger partial charge in [0.2, 0.25) is 0 Å². The maximum atomic E-state index is 4.30. The third kappa shape index (κ3) is 2.59. The van der Waals surface area contributed by atoms with Gasteiger partial charge in [0.05, 0.1) is 0 Å². The maximum Gasteiger partial charge on any atom is 0.138 e. The normalized spacial score (nSPS) is 12.6. The molecule has 0 spiro atoms. The SMILES string of the molecule is CCc1ccccc1C(Cc1ncnn1C)NC. The summed E-state index contributed by atoms with van der Waals surface area (Å²) < 4.78 is 1.83. The molecule has 0 aliphatic heterocycles. The van der Waals surface area contributed by atoms with E-state index >= 15 is 0 Å². The Hall–Kier alpha value is -1.68. The van der Waals surface area contributed by atoms with Gasteiger partial charge in [-0.15, -0.1) is 0 Å². The number of hydrogen-bond donors (Lipinski definition) is 1. The summed E-state index contributed by atoms with van der Waals surface area (Å²) in [6, 6.07) is 8.85. The fraction of sp³-hybridized carbons (Fsp3) is 0.429. The molecule has 0 amide bonds. The zero-order chi connectivity index (χ0) is 13.0. The lowest BCUT2D eigenvalue weighted by atomic mass is 9.96. The van der Waals surface area contributed by atoms with Crippen molar-refractivity contribution in [2.45, 2.75) is 25.8 Å². The molecule has 1 aromatic heterocycles. The van der Waals surface area contributed by atoms with E-state index in [9.17, 15) is 0 Å². The fourth-order valence-corrected chi connectivity index (χ4v) is 2.25. The Morgan fingerprint density at radius 3 is 2.72 bits per heavy atom. The van der Waals surface area contributed by atoms with Gasteiger partial charge in [0.1, 0.15) is 12.2 Å². The molecule has 4 heteroatoms. The van der Waals surface area contributed by atoms with Crippen LogP contribution in [-0.4, -0.2) is 21.8 Å². The minimum absolute atomic E-state index is 0.282. The number of aromatic nitrogens is 3. The summed E-state index contributed by atoms with van der Waals surface area (Å²) in [7, 11) is 3.92. The first-order valence-corrected chi connectivity index (χ1v) is 6.34. The Morgan fingerprint density at radius 1 is 1.33 bits per heavy atom. The van der Waals surface area contributed by atoms with Gasteiger partial charge in [-0.2, -0.15) is 5.10 Å². The minimum atomic E-state index is 0.282. The highest BCUT2D eigenvalue weighted by Gasteiger charge is 2.15. The van der Waals surface area contributed by atoms with E-state index in [-0.39, 0.29) is 6.04 Å². The Bertz CT molecular complexity index is 504. The van der Waals surface area contributed by atoms with Crippen LogP contribution in [0.4, 0.5) is 0 Å². The van der Waals surface area contributed by atoms with Crippen molar-refractivity contribution in [3.8, 4) is 0 Å². The van der Waals surface area contributed by atoms with Crippen molar-refractivity contribution in [2.75, 3.05) is 7.05 Å². The van der Waals surface area contributed by atoms with Gasteiger partial charge < -0.3 is 5.32 Å². The van der Waals surface area contributed by atoms with Crippen LogP contribution >= 0.6 is 0 Å². The maximum absolute atomic E-state index is 4.30. The average molecular weight is 244 g/mol. The molecule has 96 valence electrons. The Kier molecular flexibility index (Phi) is 4.10. The van der Waals surface area contributed by atoms with Gasteiger partial charge in [-0.1, -0.05) is 31.2 Å². The topological polar surface area (TPSA) is 42.7 Å². The lowest BCUT2D eigenvalue weighted by Crippen LogP contribution is -2.21. The van der Waals surface area contributed by atoms with Crippen molar-refractivity contribution in [1.29, 1.82) is 0 Å². The first-order valence-electron chi connectivity index (χ1n) is 6.34. The molecule has 0 aliphatic carbocycles. The van der Waals surface area contributed by atoms with Crippen LogP contribution in [0, 0.1) is 0 Å². The molecular formula is C14H20N4. The quantitative estimate of drug-likeness (QED) is 0.873. The molecule has 1 aromatic carbocycles. The van der Waals surface area contributed by atoms with E-state index in [4.69, 9.17) is 0 Å². The first kappa shape index (κ1) is 12.8. The summed E-state index contributed by atoms with van der Waals surface area (Å²) in [5.74, 6) is 1.00. The molecule has 18 heavy (non-hydrogen) atoms. The molecule has 1 heterocycles. The van der Waals surface area contributed by atoms with Gasteiger partial charge in [-0.25, -0.2) is 4.98 Å². The van der Waals surface area contributed by atoms with Crippen LogP contribution < -0.4 is 5.32 Å². The van der Waals surface area contributed by atoms with Gasteiger partial charge in [-0.3, -0.25) is 4.68 Å². The minimum Gasteiger partial charge on any atom is -0.313 e. The van der Waals surface area contributed by atoms with Crippen LogP contribution in [0.2, 0.25) is 0 Å². The number of likely N-dealkylation sites (N-methyl/N-ethyl adjacent to an activating group) is 1. The molecule has 4 nitrogen and oxygen atoms in total. The number of nitrogens with one attached hydrogen (secondary N) is 1. The number of rotatable bonds is 5. The van der Waals surface area contributed by atoms with Crippen molar-refractivity contribution < 1.29 is 0 Å². The molecule has 0 aliphatic rings. The smallest absolute Gasteiger partial charge is 0.138 e. The summed E-state index contributed by atoms with van der Waals surface area (Å²) in [6.07, 6.45) is 3.50. The number of benzene rings is 1. The second-order valence-corrected chi connectivity index (χ2v) is 4.40. The van der Waals surface area contributed by atoms with E-state index in [0.717, 1.165) is 18.7 Å². The molecule has 0 bridgehead atoms. The highest BCUT2D eigenvalue weighted by molar-refractivity contribution is 5.30. The van der Waals surface area contributed by atoms with E-state index in [1.165, 1.54) is 11.1 Å². The Morgan fingerprint density at radius 2 is 2.11 bits per heavy atom. The van der Waals surface area contributed by atoms with Crippen LogP contribution in [-0.2, 0) is 19.9 Å². The molecule has 0 saturated heterocycles. The summed E-state index contributed by atoms with van der Waals surface area (Å²) in [6.45, 7) is 2.19. The van der Waals surface area contributed by atoms with E-state index < -0.39 is 0 Å². The van der Waals surface area contributed by atoms with Crippen molar-refractivity contribution in [2.24, 2.45) is 7.05 Å². The van der Waals surface area contributed by atoms with Crippen molar-refractivity contribution in [3.05, 3.63) is 47.5 Å². The van der Waals surface area contributed by atoms with Gasteiger partial charge in [0.25, 0.3) is 0 Å². The van der Waals surface area contributed by atoms with Crippen LogP contribution in [0.3, 0.4) is 0 Å². The van der Waals surface area contributed by atoms with E-state index in [0.29, 0.717) is 0 Å². The predicted molar refractivity (Wildman–Crippen MR) is 72.3 cm³/mol. The Balaban J connectivity index is 2.25. The number of hydrogen-bond acceptors (Lipinski definition) is 3. The standard InChI is InChI=1S/C14H20N4/c1-4-11-7-5-6-8-12(11)13(15-2)9-14-16-10-17-18(14)3/h5-8,10,13,15H,4,9H2,1-3H3. The second kappa shape index (κ2) is 5.78. The molecule has 0 radical (unpaired) electrons. The first-order chi connectivity index (χ1) is 8.76. The summed E-state index contributed by atoms with van der Waals surface area (Å²) in [5.41, 5.74) is 2.74. The molecule has 1 atom stereocenters. The molecule has 2 aromatic rings. The van der Waals surface area contributed by atoms with Gasteiger partial charge in [-0.05, 0) is 24.6 Å². The highest BCUT2D eigenvalue weighted by Crippen LogP contribution is 2.21. The van der Waals surface area contributed by atoms with E-state index in [1.807, 2.05) is 18.8 Å². The zero-order valence-electron chi connectivity index (χ0n) is 11.2. The molecule has 0 saturated carbocycles. The van der Waals surface area contributed by atoms with Crippen LogP contribution in [0.25, 0.3) is 0 Å². The molecule has 1 N–H and O–H groups in total. The van der Waals surface area contributed by atoms with E-state index in [2.05, 4.69) is 46.6 Å². The lowest BCUT2D eigenvalue weighted by Gasteiger charge is -2.19. The highest BCUT2D eigenvalue weighted by atomic mass is 15.3. The van der Waals surface area contributed by atoms with Crippen LogP contribution in [0.15, 0.2) is 30.6 Å². The second-order valence-electron chi connectivity index (χ2n) is 4.40. The molecular weight excluding hydrogens is 224 g/mol. The fourth-order valence-electron chi connectivity index (χ4n) is 2.25. The number of aryl methyl sites for hydroxylation is 2. The van der Waals surface area contributed by atoms with Gasteiger partial charge in [0, 0.05) is 19.5 Å². The van der Waals surface area contributed by atoms with Crippen LogP contribution in [0.1, 0.15) is 29.9 Å². The number of nitrogens with zero attached hydrogens (tertiary/aromatic N) is 3. The largest absolute Gasteiger partial charge is 0.313 e. The van der Waals surface area contributed by atoms with Gasteiger partial charge >= 0.3 is 0 Å². The van der Waals surface area contributed by atoms with Gasteiger partial charge in [0.15, 0.2) is 0 Å². The lowest BCUT2D eigenvalue weighted by molar-refractivity contribution is 0.549. The Labute approximate surface area is 108 Å². The summed E-state index contributed by atoms with van der Waals surface area (Å²) >= 11 is 0. The average Bonchev–Trinajstić information content (AvgIpc) is 2.81. The van der Waals surface area contributed by atoms with Crippen molar-refractivity contribution >= 4 is 0 Å². The monoisotopic (exact) mass is 244 g/mol. The van der Waals surface area contributed by atoms with Crippen molar-refractivity contribution in [3.63, 3.8) is 0 Å². The molecule has 1 unspecified atom stereocenters. The predicted octanol–water partition coefficient (Wildman–Crippen LogP) is 1.88. The van der Waals surface area contributed by atoms with Crippen LogP contribution in [0.5, 0.6) is 0 Å². The zero-order valence-corrected chi connectivity index (χ0v) is 11.2. The molecule has 2 rings (SSSR count). The molecule has 0 fully saturated rings. The van der Waals surface area contributed by atoms with Crippen molar-refractivity contribution in [1.82, 2.24) is 20.1 Å². The third-order valence-corrected chi connectivity index (χ3v) is 3.35. The third-order valence-electron chi connectivity index (χ3n) is 3.35. The summed E-state index contributed by atoms with van der Waals surface area (Å²) in [5, 5.41) is 7.50.